The Morgan fingerprint density at radius 3 is 1.87 bits per heavy atom. The molecule has 0 aliphatic rings. The highest BCUT2D eigenvalue weighted by Gasteiger charge is 2.05. The molecule has 0 spiro atoms. The second-order valence-electron chi connectivity index (χ2n) is 6.24. The highest BCUT2D eigenvalue weighted by atomic mass is 31.1. The van der Waals surface area contributed by atoms with E-state index in [1.54, 1.807) is 0 Å². The molecule has 3 rings (SSSR count). The monoisotopic (exact) mass is 318 g/mol. The molecule has 0 fully saturated rings. The molecule has 0 aliphatic heterocycles. The second-order valence-corrected chi connectivity index (χ2v) is 7.65. The number of hydrogen-bond donors (Lipinski definition) is 0. The molecule has 0 radical (unpaired) electrons. The van der Waals surface area contributed by atoms with E-state index in [9.17, 15) is 0 Å². The van der Waals surface area contributed by atoms with Crippen LogP contribution >= 0.6 is 8.58 Å². The number of benzene rings is 3. The summed E-state index contributed by atoms with van der Waals surface area (Å²) in [6, 6.07) is 24.4. The first-order valence-corrected chi connectivity index (χ1v) is 9.09. The minimum atomic E-state index is 0.735. The van der Waals surface area contributed by atoms with Crippen molar-refractivity contribution in [2.24, 2.45) is 0 Å². The third-order valence-corrected chi connectivity index (χ3v) is 5.48. The highest BCUT2D eigenvalue weighted by molar-refractivity contribution is 7.55. The molecule has 3 aromatic rings. The molecule has 116 valence electrons. The van der Waals surface area contributed by atoms with Crippen molar-refractivity contribution in [1.29, 1.82) is 0 Å². The molecule has 3 aromatic carbocycles. The smallest absolute Gasteiger partial charge is 0.00205 e. The van der Waals surface area contributed by atoms with Gasteiger partial charge in [-0.05, 0) is 60.1 Å². The molecule has 0 heterocycles. The lowest BCUT2D eigenvalue weighted by Crippen LogP contribution is -2.03. The predicted octanol–water partition coefficient (Wildman–Crippen LogP) is 4.83. The van der Waals surface area contributed by atoms with Crippen LogP contribution in [0.3, 0.4) is 0 Å². The van der Waals surface area contributed by atoms with E-state index in [1.807, 2.05) is 0 Å². The van der Waals surface area contributed by atoms with Gasteiger partial charge in [-0.1, -0.05) is 80.9 Å². The van der Waals surface area contributed by atoms with E-state index in [0.717, 1.165) is 15.0 Å². The van der Waals surface area contributed by atoms with E-state index in [2.05, 4.69) is 87.5 Å². The zero-order valence-corrected chi connectivity index (χ0v) is 15.1. The van der Waals surface area contributed by atoms with Gasteiger partial charge in [0.1, 0.15) is 0 Å². The summed E-state index contributed by atoms with van der Waals surface area (Å²) in [4.78, 5) is 0. The van der Waals surface area contributed by atoms with Crippen LogP contribution in [0.25, 0.3) is 0 Å². The number of rotatable bonds is 4. The summed E-state index contributed by atoms with van der Waals surface area (Å²) in [5, 5.41) is 2.79. The van der Waals surface area contributed by atoms with Crippen molar-refractivity contribution in [1.82, 2.24) is 0 Å². The maximum Gasteiger partial charge on any atom is -0.00205 e. The van der Waals surface area contributed by atoms with Crippen LogP contribution in [-0.4, -0.2) is 0 Å². The van der Waals surface area contributed by atoms with Gasteiger partial charge in [0.15, 0.2) is 0 Å². The minimum Gasteiger partial charge on any atom is -0.0622 e. The van der Waals surface area contributed by atoms with Crippen molar-refractivity contribution in [2.45, 2.75) is 27.2 Å². The van der Waals surface area contributed by atoms with Crippen LogP contribution in [0.5, 0.6) is 0 Å². The molecule has 0 aromatic heterocycles. The van der Waals surface area contributed by atoms with Gasteiger partial charge in [-0.25, -0.2) is 0 Å². The Hall–Kier alpha value is -1.91. The van der Waals surface area contributed by atoms with Gasteiger partial charge in [0.2, 0.25) is 0 Å². The average Bonchev–Trinajstić information content (AvgIpc) is 2.53. The first-order chi connectivity index (χ1) is 11.1. The van der Waals surface area contributed by atoms with E-state index in [0.29, 0.717) is 0 Å². The van der Waals surface area contributed by atoms with Crippen molar-refractivity contribution in [3.05, 3.63) is 94.5 Å². The highest BCUT2D eigenvalue weighted by Crippen LogP contribution is 2.20. The lowest BCUT2D eigenvalue weighted by Gasteiger charge is -2.12. The lowest BCUT2D eigenvalue weighted by molar-refractivity contribution is 1.11. The second kappa shape index (κ2) is 7.11. The summed E-state index contributed by atoms with van der Waals surface area (Å²) < 4.78 is 0. The predicted molar refractivity (Wildman–Crippen MR) is 104 cm³/mol. The first kappa shape index (κ1) is 16.0. The molecule has 0 bridgehead atoms. The molecule has 1 atom stereocenters. The van der Waals surface area contributed by atoms with Crippen LogP contribution in [0.1, 0.15) is 27.8 Å². The molecule has 1 heteroatoms. The third kappa shape index (κ3) is 4.09. The Labute approximate surface area is 141 Å². The average molecular weight is 318 g/mol. The van der Waals surface area contributed by atoms with Gasteiger partial charge < -0.3 is 0 Å². The molecule has 0 amide bonds. The molecular weight excluding hydrogens is 295 g/mol. The van der Waals surface area contributed by atoms with Crippen molar-refractivity contribution in [2.75, 3.05) is 0 Å². The van der Waals surface area contributed by atoms with Crippen molar-refractivity contribution in [3.8, 4) is 0 Å². The molecule has 0 aliphatic carbocycles. The Morgan fingerprint density at radius 1 is 0.696 bits per heavy atom. The van der Waals surface area contributed by atoms with E-state index >= 15 is 0 Å². The third-order valence-electron chi connectivity index (χ3n) is 4.24. The fraction of sp³-hybridized carbons (Fsp3) is 0.182. The van der Waals surface area contributed by atoms with E-state index in [1.165, 1.54) is 38.4 Å². The van der Waals surface area contributed by atoms with Crippen molar-refractivity contribution >= 4 is 19.2 Å². The van der Waals surface area contributed by atoms with E-state index < -0.39 is 0 Å². The molecule has 0 saturated heterocycles. The maximum atomic E-state index is 2.29. The normalized spacial score (nSPS) is 11.3. The van der Waals surface area contributed by atoms with Crippen LogP contribution < -0.4 is 10.6 Å². The number of hydrogen-bond acceptors (Lipinski definition) is 0. The fourth-order valence-corrected chi connectivity index (χ4v) is 4.11. The summed E-state index contributed by atoms with van der Waals surface area (Å²) in [5.74, 6) is 0. The topological polar surface area (TPSA) is 0 Å². The zero-order valence-electron chi connectivity index (χ0n) is 14.1. The Bertz CT molecular complexity index is 763. The van der Waals surface area contributed by atoms with Crippen molar-refractivity contribution in [3.63, 3.8) is 0 Å². The zero-order chi connectivity index (χ0) is 16.2. The van der Waals surface area contributed by atoms with Gasteiger partial charge in [0, 0.05) is 0 Å². The van der Waals surface area contributed by atoms with Gasteiger partial charge in [0.05, 0.1) is 0 Å². The Morgan fingerprint density at radius 2 is 1.26 bits per heavy atom. The van der Waals surface area contributed by atoms with Gasteiger partial charge in [-0.3, -0.25) is 0 Å². The van der Waals surface area contributed by atoms with E-state index in [4.69, 9.17) is 0 Å². The summed E-state index contributed by atoms with van der Waals surface area (Å²) in [6.07, 6.45) is 1.02. The van der Waals surface area contributed by atoms with Crippen LogP contribution in [-0.2, 0) is 6.42 Å². The SMILES string of the molecule is Cc1cc(C)c(Cc2ccc(Pc3ccccc3)cc2)c(C)c1. The largest absolute Gasteiger partial charge is 0.0622 e. The molecule has 1 unspecified atom stereocenters. The van der Waals surface area contributed by atoms with Gasteiger partial charge in [-0.2, -0.15) is 0 Å². The van der Waals surface area contributed by atoms with Gasteiger partial charge in [-0.15, -0.1) is 0 Å². The molecule has 0 N–H and O–H groups in total. The summed E-state index contributed by atoms with van der Waals surface area (Å²) in [6.45, 7) is 6.62. The van der Waals surface area contributed by atoms with Gasteiger partial charge in [0.25, 0.3) is 0 Å². The minimum absolute atomic E-state index is 0.735. The molecule has 23 heavy (non-hydrogen) atoms. The summed E-state index contributed by atoms with van der Waals surface area (Å²) >= 11 is 0. The quantitative estimate of drug-likeness (QED) is 0.604. The maximum absolute atomic E-state index is 2.29. The standard InChI is InChI=1S/C22H23P/c1-16-13-17(2)22(18(3)14-16)15-19-9-11-21(12-10-19)23-20-7-5-4-6-8-20/h4-14,23H,15H2,1-3H3. The Kier molecular flexibility index (Phi) is 4.94. The van der Waals surface area contributed by atoms with E-state index in [-0.39, 0.29) is 0 Å². The van der Waals surface area contributed by atoms with Gasteiger partial charge >= 0.3 is 0 Å². The molecular formula is C22H23P. The fourth-order valence-electron chi connectivity index (χ4n) is 3.09. The van der Waals surface area contributed by atoms with Crippen molar-refractivity contribution < 1.29 is 0 Å². The Balaban J connectivity index is 1.76. The summed E-state index contributed by atoms with van der Waals surface area (Å²) in [7, 11) is 0.735. The molecule has 0 nitrogen and oxygen atoms in total. The van der Waals surface area contributed by atoms with Crippen LogP contribution in [0.2, 0.25) is 0 Å². The van der Waals surface area contributed by atoms with Crippen LogP contribution in [0.15, 0.2) is 66.7 Å². The molecule has 0 saturated carbocycles. The summed E-state index contributed by atoms with van der Waals surface area (Å²) in [5.41, 5.74) is 7.01. The first-order valence-electron chi connectivity index (χ1n) is 8.09. The van der Waals surface area contributed by atoms with Crippen LogP contribution in [0.4, 0.5) is 0 Å². The van der Waals surface area contributed by atoms with Crippen LogP contribution in [0, 0.1) is 20.8 Å². The number of aryl methyl sites for hydroxylation is 3. The lowest BCUT2D eigenvalue weighted by atomic mass is 9.94.